The highest BCUT2D eigenvalue weighted by Gasteiger charge is 2.56. The second-order valence-electron chi connectivity index (χ2n) is 11.1. The molecule has 1 aromatic carbocycles. The number of fused-ring (bicyclic) bond motifs is 1. The highest BCUT2D eigenvalue weighted by molar-refractivity contribution is 7.20. The molecule has 1 aliphatic heterocycles. The van der Waals surface area contributed by atoms with Crippen molar-refractivity contribution in [2.75, 3.05) is 6.61 Å². The minimum absolute atomic E-state index is 0.0296. The fraction of sp³-hybridized carbons (Fsp3) is 0.355. The maximum absolute atomic E-state index is 14.2. The molecule has 1 saturated carbocycles. The molecule has 208 valence electrons. The van der Waals surface area contributed by atoms with Gasteiger partial charge in [0.2, 0.25) is 5.88 Å². The first-order chi connectivity index (χ1) is 19.9. The Balaban J connectivity index is 1.06. The first kappa shape index (κ1) is 25.9. The number of nitrogens with zero attached hydrogens (tertiary/aromatic N) is 4. The highest BCUT2D eigenvalue weighted by atomic mass is 32.1. The van der Waals surface area contributed by atoms with Gasteiger partial charge < -0.3 is 19.1 Å². The maximum atomic E-state index is 14.2. The molecule has 0 radical (unpaired) electrons. The van der Waals surface area contributed by atoms with Crippen molar-refractivity contribution in [3.05, 3.63) is 81.9 Å². The van der Waals surface area contributed by atoms with Crippen molar-refractivity contribution in [3.63, 3.8) is 0 Å². The summed E-state index contributed by atoms with van der Waals surface area (Å²) in [6.45, 7) is 1.51. The smallest absolute Gasteiger partial charge is 0.346 e. The highest BCUT2D eigenvalue weighted by Crippen LogP contribution is 2.66. The van der Waals surface area contributed by atoms with Crippen LogP contribution in [-0.2, 0) is 17.9 Å². The summed E-state index contributed by atoms with van der Waals surface area (Å²) in [6, 6.07) is 13.7. The predicted octanol–water partition coefficient (Wildman–Crippen LogP) is 6.31. The molecular weight excluding hydrogens is 543 g/mol. The first-order valence-corrected chi connectivity index (χ1v) is 14.6. The van der Waals surface area contributed by atoms with Crippen LogP contribution in [0.5, 0.6) is 5.88 Å². The Labute approximate surface area is 239 Å². The standard InChI is InChI=1S/C31H27FN4O4S/c32-23-12-18(15-33)4-5-20(23)17-40-27-3-1-2-24(34-27)19-6-9-31(10-7-19)14-22(31)28-35-29-25(13-26(41-29)30(37)38)36(28)16-21-8-11-39-21/h1-6,12-13,21-22H,7-11,14,16-17H2,(H,37,38)/t21-,22?,31?/m0/s1. The lowest BCUT2D eigenvalue weighted by atomic mass is 9.83. The molecule has 7 rings (SSSR count). The number of halogens is 1. The minimum Gasteiger partial charge on any atom is -0.477 e. The lowest BCUT2D eigenvalue weighted by Crippen LogP contribution is -2.31. The normalized spacial score (nSPS) is 23.2. The molecular formula is C31H27FN4O4S. The molecule has 0 bridgehead atoms. The van der Waals surface area contributed by atoms with Gasteiger partial charge >= 0.3 is 5.97 Å². The molecule has 8 nitrogen and oxygen atoms in total. The topological polar surface area (TPSA) is 110 Å². The summed E-state index contributed by atoms with van der Waals surface area (Å²) in [6.07, 6.45) is 7.34. The van der Waals surface area contributed by atoms with E-state index in [1.54, 1.807) is 24.3 Å². The summed E-state index contributed by atoms with van der Waals surface area (Å²) in [4.78, 5) is 22.3. The van der Waals surface area contributed by atoms with E-state index in [4.69, 9.17) is 19.7 Å². The molecule has 4 heterocycles. The van der Waals surface area contributed by atoms with Crippen molar-refractivity contribution in [3.8, 4) is 11.9 Å². The van der Waals surface area contributed by atoms with Crippen molar-refractivity contribution in [2.45, 2.75) is 57.3 Å². The van der Waals surface area contributed by atoms with Gasteiger partial charge in [-0.2, -0.15) is 5.26 Å². The Kier molecular flexibility index (Phi) is 6.36. The van der Waals surface area contributed by atoms with Gasteiger partial charge in [-0.3, -0.25) is 0 Å². The number of nitriles is 1. The predicted molar refractivity (Wildman–Crippen MR) is 150 cm³/mol. The quantitative estimate of drug-likeness (QED) is 0.264. The van der Waals surface area contributed by atoms with Gasteiger partial charge in [-0.25, -0.2) is 19.2 Å². The SMILES string of the molecule is N#Cc1ccc(COc2cccc(C3=CCC4(CC3)CC4c3nc4sc(C(=O)O)cc4n3C[C@@H]3CCO3)n2)c(F)c1. The number of benzene rings is 1. The van der Waals surface area contributed by atoms with Crippen LogP contribution in [0.25, 0.3) is 15.9 Å². The van der Waals surface area contributed by atoms with Gasteiger partial charge in [0.05, 0.1) is 35.5 Å². The summed E-state index contributed by atoms with van der Waals surface area (Å²) in [5.41, 5.74) is 3.74. The van der Waals surface area contributed by atoms with Crippen LogP contribution in [0.1, 0.15) is 70.3 Å². The molecule has 2 fully saturated rings. The van der Waals surface area contributed by atoms with Gasteiger partial charge in [0.25, 0.3) is 0 Å². The number of pyridine rings is 1. The summed E-state index contributed by atoms with van der Waals surface area (Å²) in [5, 5.41) is 18.4. The fourth-order valence-electron chi connectivity index (χ4n) is 6.05. The molecule has 2 unspecified atom stereocenters. The number of carboxylic acids is 1. The molecule has 3 atom stereocenters. The second-order valence-corrected chi connectivity index (χ2v) is 12.1. The van der Waals surface area contributed by atoms with Crippen molar-refractivity contribution >= 4 is 33.2 Å². The van der Waals surface area contributed by atoms with Crippen LogP contribution in [0.15, 0.2) is 48.5 Å². The number of ether oxygens (including phenoxy) is 2. The summed E-state index contributed by atoms with van der Waals surface area (Å²) in [7, 11) is 0. The maximum Gasteiger partial charge on any atom is 0.346 e. The van der Waals surface area contributed by atoms with Gasteiger partial charge in [0.15, 0.2) is 0 Å². The fourth-order valence-corrected chi connectivity index (χ4v) is 6.93. The van der Waals surface area contributed by atoms with Crippen LogP contribution < -0.4 is 4.74 Å². The van der Waals surface area contributed by atoms with E-state index in [-0.39, 0.29) is 23.7 Å². The van der Waals surface area contributed by atoms with E-state index in [0.29, 0.717) is 28.8 Å². The average Bonchev–Trinajstić information content (AvgIpc) is 3.30. The molecule has 1 N–H and O–H groups in total. The molecule has 0 amide bonds. The number of hydrogen-bond acceptors (Lipinski definition) is 7. The zero-order valence-corrected chi connectivity index (χ0v) is 23.0. The molecule has 1 spiro atoms. The third-order valence-electron chi connectivity index (χ3n) is 8.63. The van der Waals surface area contributed by atoms with Gasteiger partial charge in [-0.15, -0.1) is 11.3 Å². The van der Waals surface area contributed by atoms with Gasteiger partial charge in [-0.05, 0) is 67.4 Å². The Morgan fingerprint density at radius 3 is 2.88 bits per heavy atom. The number of carbonyl (C=O) groups is 1. The number of allylic oxidation sites excluding steroid dienone is 2. The minimum atomic E-state index is -0.918. The molecule has 4 aromatic rings. The van der Waals surface area contributed by atoms with Crippen LogP contribution in [0.2, 0.25) is 0 Å². The van der Waals surface area contributed by atoms with E-state index in [2.05, 4.69) is 15.6 Å². The van der Waals surface area contributed by atoms with E-state index >= 15 is 0 Å². The zero-order valence-electron chi connectivity index (χ0n) is 22.2. The number of hydrogen-bond donors (Lipinski definition) is 1. The monoisotopic (exact) mass is 570 g/mol. The van der Waals surface area contributed by atoms with Crippen LogP contribution >= 0.6 is 11.3 Å². The number of rotatable bonds is 8. The molecule has 1 saturated heterocycles. The number of aromatic carboxylic acids is 1. The third-order valence-corrected chi connectivity index (χ3v) is 9.63. The molecule has 10 heteroatoms. The van der Waals surface area contributed by atoms with Crippen molar-refractivity contribution < 1.29 is 23.8 Å². The number of thiophene rings is 1. The largest absolute Gasteiger partial charge is 0.477 e. The van der Waals surface area contributed by atoms with Crippen LogP contribution in [0.4, 0.5) is 4.39 Å². The molecule has 3 aliphatic rings. The van der Waals surface area contributed by atoms with Crippen LogP contribution in [0.3, 0.4) is 0 Å². The number of aromatic nitrogens is 3. The van der Waals surface area contributed by atoms with Gasteiger partial charge in [0, 0.05) is 24.2 Å². The summed E-state index contributed by atoms with van der Waals surface area (Å²) < 4.78 is 28.0. The lowest BCUT2D eigenvalue weighted by Gasteiger charge is -2.28. The van der Waals surface area contributed by atoms with E-state index in [0.717, 1.165) is 60.6 Å². The number of imidazole rings is 1. The lowest BCUT2D eigenvalue weighted by molar-refractivity contribution is -0.0590. The Morgan fingerprint density at radius 2 is 2.17 bits per heavy atom. The second kappa shape index (κ2) is 10.1. The van der Waals surface area contributed by atoms with E-state index < -0.39 is 11.8 Å². The van der Waals surface area contributed by atoms with Crippen LogP contribution in [-0.4, -0.2) is 38.3 Å². The molecule has 41 heavy (non-hydrogen) atoms. The zero-order chi connectivity index (χ0) is 28.1. The summed E-state index contributed by atoms with van der Waals surface area (Å²) >= 11 is 1.24. The Hall–Kier alpha value is -4.07. The Morgan fingerprint density at radius 1 is 1.29 bits per heavy atom. The van der Waals surface area contributed by atoms with E-state index in [1.807, 2.05) is 18.2 Å². The van der Waals surface area contributed by atoms with Gasteiger partial charge in [0.1, 0.15) is 28.0 Å². The van der Waals surface area contributed by atoms with Crippen molar-refractivity contribution in [1.82, 2.24) is 14.5 Å². The number of carboxylic acid groups (broad SMARTS) is 1. The van der Waals surface area contributed by atoms with Crippen molar-refractivity contribution in [1.29, 1.82) is 5.26 Å². The Bertz CT molecular complexity index is 1750. The first-order valence-electron chi connectivity index (χ1n) is 13.7. The third kappa shape index (κ3) is 4.79. The molecule has 2 aliphatic carbocycles. The van der Waals surface area contributed by atoms with E-state index in [9.17, 15) is 14.3 Å². The summed E-state index contributed by atoms with van der Waals surface area (Å²) in [5.74, 6) is 0.427. The van der Waals surface area contributed by atoms with E-state index in [1.165, 1.54) is 23.0 Å². The van der Waals surface area contributed by atoms with Crippen LogP contribution in [0, 0.1) is 22.6 Å². The van der Waals surface area contributed by atoms with Gasteiger partial charge in [-0.1, -0.05) is 18.2 Å². The molecule has 3 aromatic heterocycles. The van der Waals surface area contributed by atoms with Crippen molar-refractivity contribution in [2.24, 2.45) is 5.41 Å². The average molecular weight is 571 g/mol.